The molecule has 156 valence electrons. The van der Waals surface area contributed by atoms with Crippen LogP contribution in [0.15, 0.2) is 77.4 Å². The van der Waals surface area contributed by atoms with E-state index in [0.29, 0.717) is 24.0 Å². The van der Waals surface area contributed by atoms with Crippen molar-refractivity contribution < 1.29 is 19.0 Å². The number of carbonyl (C=O) groups is 1. The van der Waals surface area contributed by atoms with Gasteiger partial charge in [-0.2, -0.15) is 0 Å². The van der Waals surface area contributed by atoms with Gasteiger partial charge in [-0.05, 0) is 83.1 Å². The molecule has 0 N–H and O–H groups in total. The average Bonchev–Trinajstić information content (AvgIpc) is 3.14. The summed E-state index contributed by atoms with van der Waals surface area (Å²) < 4.78 is 17.8. The van der Waals surface area contributed by atoms with Gasteiger partial charge in [-0.1, -0.05) is 35.9 Å². The highest BCUT2D eigenvalue weighted by molar-refractivity contribution is 14.1. The zero-order valence-electron chi connectivity index (χ0n) is 17.1. The molecule has 31 heavy (non-hydrogen) atoms. The fraction of sp³-hybridized carbons (Fsp3) is 0.120. The van der Waals surface area contributed by atoms with Crippen molar-refractivity contribution in [3.63, 3.8) is 0 Å². The first-order valence-electron chi connectivity index (χ1n) is 9.67. The second-order valence-corrected chi connectivity index (χ2v) is 8.27. The van der Waals surface area contributed by atoms with E-state index in [0.717, 1.165) is 20.3 Å². The fourth-order valence-electron chi connectivity index (χ4n) is 3.02. The topological polar surface area (TPSA) is 57.1 Å². The van der Waals surface area contributed by atoms with E-state index >= 15 is 0 Å². The highest BCUT2D eigenvalue weighted by Crippen LogP contribution is 2.30. The first-order valence-corrected chi connectivity index (χ1v) is 10.7. The molecule has 1 aliphatic heterocycles. The first kappa shape index (κ1) is 21.1. The molecular formula is C25H20INO4. The van der Waals surface area contributed by atoms with Gasteiger partial charge in [0.05, 0.1) is 7.11 Å². The second-order valence-electron chi connectivity index (χ2n) is 7.03. The maximum Gasteiger partial charge on any atom is 0.363 e. The summed E-state index contributed by atoms with van der Waals surface area (Å²) in [5, 5.41) is 0. The predicted molar refractivity (Wildman–Crippen MR) is 128 cm³/mol. The van der Waals surface area contributed by atoms with Gasteiger partial charge >= 0.3 is 5.97 Å². The second kappa shape index (κ2) is 9.34. The Kier molecular flexibility index (Phi) is 6.36. The number of benzene rings is 3. The molecule has 0 saturated carbocycles. The maximum absolute atomic E-state index is 12.3. The Bertz CT molecular complexity index is 1170. The van der Waals surface area contributed by atoms with Crippen LogP contribution in [0.4, 0.5) is 0 Å². The van der Waals surface area contributed by atoms with Crippen molar-refractivity contribution in [2.45, 2.75) is 13.5 Å². The lowest BCUT2D eigenvalue weighted by Gasteiger charge is -2.11. The smallest absolute Gasteiger partial charge is 0.363 e. The van der Waals surface area contributed by atoms with Gasteiger partial charge in [-0.25, -0.2) is 9.79 Å². The molecule has 1 aliphatic rings. The molecule has 5 nitrogen and oxygen atoms in total. The summed E-state index contributed by atoms with van der Waals surface area (Å²) in [5.74, 6) is 1.03. The van der Waals surface area contributed by atoms with Crippen molar-refractivity contribution in [2.24, 2.45) is 4.99 Å². The molecule has 0 aromatic heterocycles. The zero-order chi connectivity index (χ0) is 21.8. The normalized spacial score (nSPS) is 14.4. The van der Waals surface area contributed by atoms with Gasteiger partial charge in [0.2, 0.25) is 5.90 Å². The Balaban J connectivity index is 1.52. The number of nitrogens with zero attached hydrogens (tertiary/aromatic N) is 1. The van der Waals surface area contributed by atoms with Gasteiger partial charge in [0.15, 0.2) is 17.2 Å². The molecule has 0 saturated heterocycles. The molecule has 1 heterocycles. The minimum absolute atomic E-state index is 0.240. The van der Waals surface area contributed by atoms with E-state index in [1.807, 2.05) is 54.6 Å². The summed E-state index contributed by atoms with van der Waals surface area (Å²) >= 11 is 2.22. The number of hydrogen-bond acceptors (Lipinski definition) is 5. The highest BCUT2D eigenvalue weighted by Gasteiger charge is 2.24. The first-order chi connectivity index (χ1) is 15.0. The Morgan fingerprint density at radius 1 is 1.00 bits per heavy atom. The standard InChI is InChI=1S/C25H20INO4/c1-16-3-5-17(6-4-16)15-30-22-12-7-18(14-23(22)29-2)13-21-25(28)31-24(27-21)19-8-10-20(26)11-9-19/h3-14H,15H2,1-2H3/b21-13-. The number of cyclic esters (lactones) is 1. The van der Waals surface area contributed by atoms with E-state index in [1.54, 1.807) is 13.2 Å². The van der Waals surface area contributed by atoms with Crippen molar-refractivity contribution in [3.8, 4) is 11.5 Å². The molecule has 3 aromatic carbocycles. The lowest BCUT2D eigenvalue weighted by molar-refractivity contribution is -0.129. The van der Waals surface area contributed by atoms with Crippen molar-refractivity contribution >= 4 is 40.5 Å². The van der Waals surface area contributed by atoms with Crippen molar-refractivity contribution in [1.82, 2.24) is 0 Å². The van der Waals surface area contributed by atoms with Crippen LogP contribution in [0.25, 0.3) is 6.08 Å². The predicted octanol–water partition coefficient (Wildman–Crippen LogP) is 5.53. The number of halogens is 1. The Labute approximate surface area is 194 Å². The van der Waals surface area contributed by atoms with Crippen LogP contribution in [-0.4, -0.2) is 19.0 Å². The third-order valence-electron chi connectivity index (χ3n) is 4.72. The SMILES string of the molecule is COc1cc(/C=C2\N=C(c3ccc(I)cc3)OC2=O)ccc1OCc1ccc(C)cc1. The number of ether oxygens (including phenoxy) is 3. The molecule has 6 heteroatoms. The molecule has 0 atom stereocenters. The van der Waals surface area contributed by atoms with E-state index in [2.05, 4.69) is 46.6 Å². The van der Waals surface area contributed by atoms with E-state index < -0.39 is 5.97 Å². The van der Waals surface area contributed by atoms with Gasteiger partial charge in [0.1, 0.15) is 6.61 Å². The molecule has 3 aromatic rings. The summed E-state index contributed by atoms with van der Waals surface area (Å²) in [6, 6.07) is 21.3. The average molecular weight is 525 g/mol. The van der Waals surface area contributed by atoms with E-state index in [1.165, 1.54) is 5.56 Å². The lowest BCUT2D eigenvalue weighted by atomic mass is 10.1. The zero-order valence-corrected chi connectivity index (χ0v) is 19.3. The molecule has 0 amide bonds. The summed E-state index contributed by atoms with van der Waals surface area (Å²) in [6.07, 6.45) is 1.67. The van der Waals surface area contributed by atoms with E-state index in [4.69, 9.17) is 14.2 Å². The Hall–Kier alpha value is -3.13. The van der Waals surface area contributed by atoms with Crippen LogP contribution in [0.2, 0.25) is 0 Å². The molecule has 0 spiro atoms. The molecule has 0 aliphatic carbocycles. The Morgan fingerprint density at radius 3 is 2.45 bits per heavy atom. The molecular weight excluding hydrogens is 505 g/mol. The van der Waals surface area contributed by atoms with Crippen LogP contribution in [0.1, 0.15) is 22.3 Å². The highest BCUT2D eigenvalue weighted by atomic mass is 127. The van der Waals surface area contributed by atoms with Gasteiger partial charge < -0.3 is 14.2 Å². The number of esters is 1. The lowest BCUT2D eigenvalue weighted by Crippen LogP contribution is -2.05. The number of methoxy groups -OCH3 is 1. The maximum atomic E-state index is 12.3. The molecule has 0 fully saturated rings. The minimum atomic E-state index is -0.479. The molecule has 4 rings (SSSR count). The number of hydrogen-bond donors (Lipinski definition) is 0. The quantitative estimate of drug-likeness (QED) is 0.241. The molecule has 0 unspecified atom stereocenters. The van der Waals surface area contributed by atoms with Crippen LogP contribution in [0.3, 0.4) is 0 Å². The van der Waals surface area contributed by atoms with Crippen LogP contribution in [-0.2, 0) is 16.1 Å². The van der Waals surface area contributed by atoms with E-state index in [9.17, 15) is 4.79 Å². The van der Waals surface area contributed by atoms with Crippen LogP contribution in [0, 0.1) is 10.5 Å². The van der Waals surface area contributed by atoms with Crippen molar-refractivity contribution in [3.05, 3.63) is 98.3 Å². The summed E-state index contributed by atoms with van der Waals surface area (Å²) in [4.78, 5) is 16.6. The number of carbonyl (C=O) groups excluding carboxylic acids is 1. The molecule has 0 radical (unpaired) electrons. The van der Waals surface area contributed by atoms with Crippen molar-refractivity contribution in [2.75, 3.05) is 7.11 Å². The van der Waals surface area contributed by atoms with Crippen LogP contribution in [0.5, 0.6) is 11.5 Å². The van der Waals surface area contributed by atoms with Gasteiger partial charge in [0, 0.05) is 9.13 Å². The largest absolute Gasteiger partial charge is 0.493 e. The van der Waals surface area contributed by atoms with Crippen molar-refractivity contribution in [1.29, 1.82) is 0 Å². The number of aryl methyl sites for hydroxylation is 1. The molecule has 0 bridgehead atoms. The van der Waals surface area contributed by atoms with Gasteiger partial charge in [-0.3, -0.25) is 0 Å². The van der Waals surface area contributed by atoms with Gasteiger partial charge in [-0.15, -0.1) is 0 Å². The summed E-state index contributed by atoms with van der Waals surface area (Å²) in [5.41, 5.74) is 4.04. The number of rotatable bonds is 6. The third-order valence-corrected chi connectivity index (χ3v) is 5.44. The third kappa shape index (κ3) is 5.14. The van der Waals surface area contributed by atoms with Crippen LogP contribution >= 0.6 is 22.6 Å². The van der Waals surface area contributed by atoms with Gasteiger partial charge in [0.25, 0.3) is 0 Å². The minimum Gasteiger partial charge on any atom is -0.493 e. The monoisotopic (exact) mass is 525 g/mol. The summed E-state index contributed by atoms with van der Waals surface area (Å²) in [6.45, 7) is 2.49. The fourth-order valence-corrected chi connectivity index (χ4v) is 3.38. The Morgan fingerprint density at radius 2 is 1.74 bits per heavy atom. The van der Waals surface area contributed by atoms with E-state index in [-0.39, 0.29) is 5.70 Å². The van der Waals surface area contributed by atoms with Crippen LogP contribution < -0.4 is 9.47 Å². The number of aliphatic imine (C=N–C) groups is 1. The summed E-state index contributed by atoms with van der Waals surface area (Å²) in [7, 11) is 1.59.